The number of aromatic nitrogens is 3. The minimum absolute atomic E-state index is 0.0850. The standard InChI is InChI=1S/C22H22ClN5O2S/c1-2-27-21(15-9-11-16(23)12-10-15)25-26-22(27)31-14-19(29)24-17-6-3-4-7-18(17)28-13-5-8-20(28)30/h3-4,6-7,9-12H,2,5,8,13-14H2,1H3,(H,24,29). The Labute approximate surface area is 189 Å². The molecule has 2 heterocycles. The summed E-state index contributed by atoms with van der Waals surface area (Å²) in [5.74, 6) is 0.839. The summed E-state index contributed by atoms with van der Waals surface area (Å²) in [5.41, 5.74) is 2.30. The number of nitrogens with one attached hydrogen (secondary N) is 1. The van der Waals surface area contributed by atoms with Crippen LogP contribution < -0.4 is 10.2 Å². The Morgan fingerprint density at radius 1 is 1.16 bits per heavy atom. The monoisotopic (exact) mass is 455 g/mol. The fraction of sp³-hybridized carbons (Fsp3) is 0.273. The molecule has 1 aromatic heterocycles. The third-order valence-electron chi connectivity index (χ3n) is 5.01. The third kappa shape index (κ3) is 4.75. The van der Waals surface area contributed by atoms with Crippen LogP contribution >= 0.6 is 23.4 Å². The van der Waals surface area contributed by atoms with E-state index in [9.17, 15) is 9.59 Å². The first-order valence-electron chi connectivity index (χ1n) is 10.1. The zero-order chi connectivity index (χ0) is 21.8. The summed E-state index contributed by atoms with van der Waals surface area (Å²) in [7, 11) is 0. The Bertz CT molecular complexity index is 1100. The summed E-state index contributed by atoms with van der Waals surface area (Å²) in [4.78, 5) is 26.5. The zero-order valence-corrected chi connectivity index (χ0v) is 18.6. The summed E-state index contributed by atoms with van der Waals surface area (Å²) >= 11 is 7.30. The molecule has 1 aliphatic heterocycles. The van der Waals surface area contributed by atoms with Gasteiger partial charge in [-0.3, -0.25) is 9.59 Å². The lowest BCUT2D eigenvalue weighted by molar-refractivity contribution is -0.117. The lowest BCUT2D eigenvalue weighted by Gasteiger charge is -2.19. The Balaban J connectivity index is 1.44. The molecule has 0 radical (unpaired) electrons. The Morgan fingerprint density at radius 2 is 1.94 bits per heavy atom. The number of para-hydroxylation sites is 2. The normalized spacial score (nSPS) is 13.6. The molecule has 0 atom stereocenters. The van der Waals surface area contributed by atoms with Crippen molar-refractivity contribution >= 4 is 46.6 Å². The molecule has 1 fully saturated rings. The molecular formula is C22H22ClN5O2S. The van der Waals surface area contributed by atoms with Crippen molar-refractivity contribution < 1.29 is 9.59 Å². The van der Waals surface area contributed by atoms with E-state index in [1.807, 2.05) is 60.0 Å². The number of benzene rings is 2. The Morgan fingerprint density at radius 3 is 2.65 bits per heavy atom. The maximum Gasteiger partial charge on any atom is 0.234 e. The third-order valence-corrected chi connectivity index (χ3v) is 6.23. The smallest absolute Gasteiger partial charge is 0.234 e. The second kappa shape index (κ2) is 9.53. The predicted molar refractivity (Wildman–Crippen MR) is 124 cm³/mol. The van der Waals surface area contributed by atoms with Crippen LogP contribution in [0.5, 0.6) is 0 Å². The second-order valence-corrected chi connectivity index (χ2v) is 8.44. The van der Waals surface area contributed by atoms with E-state index in [0.717, 1.165) is 23.5 Å². The Hall–Kier alpha value is -2.84. The summed E-state index contributed by atoms with van der Waals surface area (Å²) in [6, 6.07) is 14.8. The molecule has 4 rings (SSSR count). The van der Waals surface area contributed by atoms with Gasteiger partial charge >= 0.3 is 0 Å². The van der Waals surface area contributed by atoms with Crippen LogP contribution in [0.1, 0.15) is 19.8 Å². The lowest BCUT2D eigenvalue weighted by Crippen LogP contribution is -2.26. The first-order valence-corrected chi connectivity index (χ1v) is 11.4. The number of carbonyl (C=O) groups is 2. The van der Waals surface area contributed by atoms with Crippen molar-refractivity contribution in [1.29, 1.82) is 0 Å². The highest BCUT2D eigenvalue weighted by molar-refractivity contribution is 7.99. The van der Waals surface area contributed by atoms with Crippen LogP contribution in [-0.2, 0) is 16.1 Å². The SMILES string of the molecule is CCn1c(SCC(=O)Nc2ccccc2N2CCCC2=O)nnc1-c1ccc(Cl)cc1. The van der Waals surface area contributed by atoms with E-state index in [0.29, 0.717) is 35.4 Å². The van der Waals surface area contributed by atoms with Crippen molar-refractivity contribution in [3.05, 3.63) is 53.6 Å². The van der Waals surface area contributed by atoms with E-state index in [2.05, 4.69) is 15.5 Å². The van der Waals surface area contributed by atoms with Gasteiger partial charge in [0.15, 0.2) is 11.0 Å². The molecule has 0 unspecified atom stereocenters. The molecule has 7 nitrogen and oxygen atoms in total. The number of anilines is 2. The number of hydrogen-bond acceptors (Lipinski definition) is 5. The molecule has 1 saturated heterocycles. The van der Waals surface area contributed by atoms with Crippen LogP contribution in [0.4, 0.5) is 11.4 Å². The van der Waals surface area contributed by atoms with Crippen molar-refractivity contribution in [2.24, 2.45) is 0 Å². The molecule has 9 heteroatoms. The fourth-order valence-corrected chi connectivity index (χ4v) is 4.46. The van der Waals surface area contributed by atoms with Crippen LogP contribution in [0.2, 0.25) is 5.02 Å². The van der Waals surface area contributed by atoms with E-state index in [4.69, 9.17) is 11.6 Å². The summed E-state index contributed by atoms with van der Waals surface area (Å²) < 4.78 is 1.97. The largest absolute Gasteiger partial charge is 0.324 e. The van der Waals surface area contributed by atoms with E-state index in [-0.39, 0.29) is 17.6 Å². The number of carbonyl (C=O) groups excluding carboxylic acids is 2. The predicted octanol–water partition coefficient (Wildman–Crippen LogP) is 4.48. The van der Waals surface area contributed by atoms with Crippen LogP contribution in [0.3, 0.4) is 0 Å². The van der Waals surface area contributed by atoms with Crippen molar-refractivity contribution in [2.75, 3.05) is 22.5 Å². The molecule has 1 aliphatic rings. The van der Waals surface area contributed by atoms with Crippen LogP contribution in [0, 0.1) is 0 Å². The number of nitrogens with zero attached hydrogens (tertiary/aromatic N) is 4. The number of rotatable bonds is 7. The average molecular weight is 456 g/mol. The van der Waals surface area contributed by atoms with Crippen molar-refractivity contribution in [1.82, 2.24) is 14.8 Å². The number of thioether (sulfide) groups is 1. The minimum Gasteiger partial charge on any atom is -0.324 e. The summed E-state index contributed by atoms with van der Waals surface area (Å²) in [5, 5.41) is 12.8. The average Bonchev–Trinajstić information content (AvgIpc) is 3.39. The van der Waals surface area contributed by atoms with Gasteiger partial charge in [-0.2, -0.15) is 0 Å². The van der Waals surface area contributed by atoms with Gasteiger partial charge in [0.05, 0.1) is 17.1 Å². The van der Waals surface area contributed by atoms with Crippen molar-refractivity contribution in [3.8, 4) is 11.4 Å². The van der Waals surface area contributed by atoms with Gasteiger partial charge in [0.25, 0.3) is 0 Å². The van der Waals surface area contributed by atoms with E-state index < -0.39 is 0 Å². The molecule has 0 aliphatic carbocycles. The van der Waals surface area contributed by atoms with Crippen LogP contribution in [0.15, 0.2) is 53.7 Å². The lowest BCUT2D eigenvalue weighted by atomic mass is 10.2. The van der Waals surface area contributed by atoms with E-state index in [1.54, 1.807) is 4.90 Å². The van der Waals surface area contributed by atoms with Crippen LogP contribution in [-0.4, -0.2) is 38.9 Å². The Kier molecular flexibility index (Phi) is 6.58. The highest BCUT2D eigenvalue weighted by Crippen LogP contribution is 2.30. The van der Waals surface area contributed by atoms with E-state index >= 15 is 0 Å². The van der Waals surface area contributed by atoms with Gasteiger partial charge in [-0.15, -0.1) is 10.2 Å². The van der Waals surface area contributed by atoms with Gasteiger partial charge in [-0.25, -0.2) is 0 Å². The topological polar surface area (TPSA) is 80.1 Å². The molecule has 3 aromatic rings. The highest BCUT2D eigenvalue weighted by Gasteiger charge is 2.24. The van der Waals surface area contributed by atoms with Gasteiger partial charge in [0, 0.05) is 30.1 Å². The van der Waals surface area contributed by atoms with Gasteiger partial charge in [-0.1, -0.05) is 35.5 Å². The summed E-state index contributed by atoms with van der Waals surface area (Å²) in [6.45, 7) is 3.36. The minimum atomic E-state index is -0.164. The zero-order valence-electron chi connectivity index (χ0n) is 17.0. The first-order chi connectivity index (χ1) is 15.1. The molecular weight excluding hydrogens is 434 g/mol. The number of amides is 2. The number of halogens is 1. The molecule has 0 bridgehead atoms. The molecule has 160 valence electrons. The number of hydrogen-bond donors (Lipinski definition) is 1. The van der Waals surface area contributed by atoms with Crippen LogP contribution in [0.25, 0.3) is 11.4 Å². The molecule has 0 spiro atoms. The highest BCUT2D eigenvalue weighted by atomic mass is 35.5. The quantitative estimate of drug-likeness (QED) is 0.531. The van der Waals surface area contributed by atoms with Crippen molar-refractivity contribution in [3.63, 3.8) is 0 Å². The first kappa shape index (κ1) is 21.4. The molecule has 1 N–H and O–H groups in total. The van der Waals surface area contributed by atoms with Crippen molar-refractivity contribution in [2.45, 2.75) is 31.5 Å². The maximum absolute atomic E-state index is 12.6. The summed E-state index contributed by atoms with van der Waals surface area (Å²) in [6.07, 6.45) is 1.38. The molecule has 2 aromatic carbocycles. The second-order valence-electron chi connectivity index (χ2n) is 7.06. The molecule has 0 saturated carbocycles. The van der Waals surface area contributed by atoms with Gasteiger partial charge < -0.3 is 14.8 Å². The molecule has 31 heavy (non-hydrogen) atoms. The van der Waals surface area contributed by atoms with Gasteiger partial charge in [-0.05, 0) is 49.7 Å². The fourth-order valence-electron chi connectivity index (χ4n) is 3.53. The maximum atomic E-state index is 12.6. The van der Waals surface area contributed by atoms with Gasteiger partial charge in [0.2, 0.25) is 11.8 Å². The molecule has 2 amide bonds. The van der Waals surface area contributed by atoms with Gasteiger partial charge in [0.1, 0.15) is 0 Å². The van der Waals surface area contributed by atoms with E-state index in [1.165, 1.54) is 11.8 Å².